The van der Waals surface area contributed by atoms with Crippen molar-refractivity contribution in [1.82, 2.24) is 9.97 Å². The second-order valence-electron chi connectivity index (χ2n) is 5.44. The predicted molar refractivity (Wildman–Crippen MR) is 99.3 cm³/mol. The molecule has 0 aliphatic carbocycles. The molecule has 0 radical (unpaired) electrons. The van der Waals surface area contributed by atoms with Crippen molar-refractivity contribution >= 4 is 32.4 Å². The molecule has 2 heterocycles. The molecule has 0 spiro atoms. The molecule has 2 aromatic heterocycles. The van der Waals surface area contributed by atoms with Gasteiger partial charge >= 0.3 is 0 Å². The number of anilines is 1. The van der Waals surface area contributed by atoms with Crippen molar-refractivity contribution in [3.8, 4) is 17.1 Å². The van der Waals surface area contributed by atoms with Gasteiger partial charge < -0.3 is 9.64 Å². The molecule has 0 atom stereocenters. The van der Waals surface area contributed by atoms with Gasteiger partial charge in [0, 0.05) is 24.5 Å². The summed E-state index contributed by atoms with van der Waals surface area (Å²) < 4.78 is 5.21. The Balaban J connectivity index is 2.24. The highest BCUT2D eigenvalue weighted by molar-refractivity contribution is 7.22. The molecule has 0 unspecified atom stereocenters. The van der Waals surface area contributed by atoms with E-state index in [0.29, 0.717) is 10.8 Å². The maximum absolute atomic E-state index is 7.36. The average Bonchev–Trinajstić information content (AvgIpc) is 2.96. The highest BCUT2D eigenvalue weighted by atomic mass is 32.1. The van der Waals surface area contributed by atoms with Gasteiger partial charge in [0.05, 0.1) is 13.7 Å². The number of ether oxygens (including phenoxy) is 1. The summed E-state index contributed by atoms with van der Waals surface area (Å²) in [6.07, 6.45) is 0. The van der Waals surface area contributed by atoms with E-state index in [-0.39, 0.29) is 0 Å². The molecule has 0 bridgehead atoms. The van der Waals surface area contributed by atoms with Gasteiger partial charge in [-0.25, -0.2) is 14.8 Å². The number of nitrogens with zero attached hydrogens (tertiary/aromatic N) is 4. The van der Waals surface area contributed by atoms with E-state index in [9.17, 15) is 0 Å². The molecule has 1 aromatic carbocycles. The van der Waals surface area contributed by atoms with E-state index < -0.39 is 0 Å². The lowest BCUT2D eigenvalue weighted by molar-refractivity contribution is 0.415. The molecule has 0 amide bonds. The zero-order chi connectivity index (χ0) is 17.3. The molecule has 6 heteroatoms. The van der Waals surface area contributed by atoms with Crippen LogP contribution < -0.4 is 9.64 Å². The van der Waals surface area contributed by atoms with Crippen LogP contribution in [0.15, 0.2) is 24.3 Å². The second-order valence-corrected chi connectivity index (χ2v) is 6.42. The molecule has 0 aliphatic rings. The molecule has 5 nitrogen and oxygen atoms in total. The number of fused-ring (bicyclic) bond motifs is 1. The Labute approximate surface area is 145 Å². The van der Waals surface area contributed by atoms with Crippen LogP contribution in [0.5, 0.6) is 5.75 Å². The van der Waals surface area contributed by atoms with E-state index in [0.717, 1.165) is 39.5 Å². The van der Waals surface area contributed by atoms with E-state index in [1.807, 2.05) is 38.2 Å². The lowest BCUT2D eigenvalue weighted by Gasteiger charge is -2.18. The van der Waals surface area contributed by atoms with Crippen LogP contribution in [0.2, 0.25) is 0 Å². The quantitative estimate of drug-likeness (QED) is 0.648. The summed E-state index contributed by atoms with van der Waals surface area (Å²) >= 11 is 1.43. The van der Waals surface area contributed by atoms with Crippen LogP contribution >= 0.6 is 11.3 Å². The van der Waals surface area contributed by atoms with Gasteiger partial charge in [-0.05, 0) is 43.7 Å². The number of hydrogen-bond donors (Lipinski definition) is 0. The summed E-state index contributed by atoms with van der Waals surface area (Å²) in [5.41, 5.74) is 1.89. The molecule has 0 aliphatic heterocycles. The van der Waals surface area contributed by atoms with Gasteiger partial charge in [0.25, 0.3) is 0 Å². The molecule has 3 rings (SSSR count). The molecule has 24 heavy (non-hydrogen) atoms. The fourth-order valence-electron chi connectivity index (χ4n) is 2.51. The predicted octanol–water partition coefficient (Wildman–Crippen LogP) is 4.68. The van der Waals surface area contributed by atoms with Crippen LogP contribution in [-0.2, 0) is 0 Å². The first-order chi connectivity index (χ1) is 11.6. The number of benzene rings is 1. The first kappa shape index (κ1) is 16.2. The Bertz CT molecular complexity index is 925. The Kier molecular flexibility index (Phi) is 4.36. The molecule has 0 N–H and O–H groups in total. The molecular formula is C18H18N4OS. The summed E-state index contributed by atoms with van der Waals surface area (Å²) in [7, 11) is 3.65. The molecule has 122 valence electrons. The first-order valence-electron chi connectivity index (χ1n) is 7.63. The van der Waals surface area contributed by atoms with Crippen molar-refractivity contribution in [1.29, 1.82) is 0 Å². The van der Waals surface area contributed by atoms with E-state index in [1.54, 1.807) is 7.11 Å². The summed E-state index contributed by atoms with van der Waals surface area (Å²) in [4.78, 5) is 16.1. The number of thiophene rings is 1. The van der Waals surface area contributed by atoms with Crippen molar-refractivity contribution in [2.24, 2.45) is 0 Å². The van der Waals surface area contributed by atoms with Crippen LogP contribution in [0.1, 0.15) is 12.5 Å². The van der Waals surface area contributed by atoms with Crippen molar-refractivity contribution < 1.29 is 4.74 Å². The molecular weight excluding hydrogens is 320 g/mol. The highest BCUT2D eigenvalue weighted by Crippen LogP contribution is 2.41. The fourth-order valence-corrected chi connectivity index (χ4v) is 3.47. The van der Waals surface area contributed by atoms with Gasteiger partial charge in [0.1, 0.15) is 16.4 Å². The Morgan fingerprint density at radius 3 is 2.54 bits per heavy atom. The van der Waals surface area contributed by atoms with Crippen LogP contribution in [0.3, 0.4) is 0 Å². The molecule has 0 saturated heterocycles. The minimum atomic E-state index is 0.665. The van der Waals surface area contributed by atoms with Crippen molar-refractivity contribution in [3.63, 3.8) is 0 Å². The zero-order valence-corrected chi connectivity index (χ0v) is 14.9. The normalized spacial score (nSPS) is 10.6. The van der Waals surface area contributed by atoms with Crippen molar-refractivity contribution in [2.75, 3.05) is 25.6 Å². The van der Waals surface area contributed by atoms with Gasteiger partial charge in [0.15, 0.2) is 5.82 Å². The standard InChI is InChI=1S/C18H18N4OS/c1-6-22(4)16-14-11(2)17(19-3)24-18(14)21-15(20-16)12-7-9-13(23-5)10-8-12/h7-10H,6H2,1-2,4-5H3. The minimum Gasteiger partial charge on any atom is -0.497 e. The first-order valence-corrected chi connectivity index (χ1v) is 8.44. The van der Waals surface area contributed by atoms with E-state index in [2.05, 4.69) is 16.7 Å². The molecule has 0 fully saturated rings. The summed E-state index contributed by atoms with van der Waals surface area (Å²) in [5.74, 6) is 2.34. The van der Waals surface area contributed by atoms with Gasteiger partial charge in [0.2, 0.25) is 5.00 Å². The smallest absolute Gasteiger partial charge is 0.246 e. The third-order valence-corrected chi connectivity index (χ3v) is 5.11. The molecule has 3 aromatic rings. The number of aryl methyl sites for hydroxylation is 1. The summed E-state index contributed by atoms with van der Waals surface area (Å²) in [5, 5.41) is 1.66. The Hall–Kier alpha value is -2.65. The van der Waals surface area contributed by atoms with Gasteiger partial charge in [-0.3, -0.25) is 0 Å². The number of rotatable bonds is 4. The largest absolute Gasteiger partial charge is 0.497 e. The second kappa shape index (κ2) is 6.46. The van der Waals surface area contributed by atoms with Crippen LogP contribution in [0, 0.1) is 13.5 Å². The lowest BCUT2D eigenvalue weighted by atomic mass is 10.2. The number of methoxy groups -OCH3 is 1. The summed E-state index contributed by atoms with van der Waals surface area (Å²) in [6, 6.07) is 7.70. The lowest BCUT2D eigenvalue weighted by Crippen LogP contribution is -2.18. The van der Waals surface area contributed by atoms with Crippen LogP contribution in [0.25, 0.3) is 26.4 Å². The minimum absolute atomic E-state index is 0.665. The Morgan fingerprint density at radius 2 is 1.96 bits per heavy atom. The van der Waals surface area contributed by atoms with Gasteiger partial charge in [-0.15, -0.1) is 11.3 Å². The maximum atomic E-state index is 7.36. The topological polar surface area (TPSA) is 42.6 Å². The van der Waals surface area contributed by atoms with E-state index in [1.165, 1.54) is 11.3 Å². The van der Waals surface area contributed by atoms with Gasteiger partial charge in [-0.2, -0.15) is 0 Å². The van der Waals surface area contributed by atoms with Gasteiger partial charge in [-0.1, -0.05) is 0 Å². The maximum Gasteiger partial charge on any atom is 0.246 e. The monoisotopic (exact) mass is 338 g/mol. The number of hydrogen-bond acceptors (Lipinski definition) is 5. The highest BCUT2D eigenvalue weighted by Gasteiger charge is 2.18. The third kappa shape index (κ3) is 2.68. The van der Waals surface area contributed by atoms with Crippen LogP contribution in [-0.4, -0.2) is 30.7 Å². The van der Waals surface area contributed by atoms with E-state index in [4.69, 9.17) is 21.3 Å². The van der Waals surface area contributed by atoms with Crippen LogP contribution in [0.4, 0.5) is 10.8 Å². The number of aromatic nitrogens is 2. The van der Waals surface area contributed by atoms with E-state index >= 15 is 0 Å². The molecule has 0 saturated carbocycles. The average molecular weight is 338 g/mol. The van der Waals surface area contributed by atoms with Crippen molar-refractivity contribution in [3.05, 3.63) is 41.2 Å². The van der Waals surface area contributed by atoms with Crippen molar-refractivity contribution in [2.45, 2.75) is 13.8 Å². The SMILES string of the molecule is [C-]#[N+]c1sc2nc(-c3ccc(OC)cc3)nc(N(C)CC)c2c1C. The fraction of sp³-hybridized carbons (Fsp3) is 0.278. The zero-order valence-electron chi connectivity index (χ0n) is 14.1. The third-order valence-electron chi connectivity index (χ3n) is 4.03. The summed E-state index contributed by atoms with van der Waals surface area (Å²) in [6.45, 7) is 12.2. The Morgan fingerprint density at radius 1 is 1.25 bits per heavy atom.